The van der Waals surface area contributed by atoms with E-state index >= 15 is 0 Å². The summed E-state index contributed by atoms with van der Waals surface area (Å²) in [6.45, 7) is 1.45. The van der Waals surface area contributed by atoms with Gasteiger partial charge in [-0.2, -0.15) is 13.5 Å². The third-order valence-electron chi connectivity index (χ3n) is 3.68. The minimum Gasteiger partial charge on any atom is -0.269 e. The molecule has 8 heteroatoms. The fourth-order valence-corrected chi connectivity index (χ4v) is 3.33. The summed E-state index contributed by atoms with van der Waals surface area (Å²) < 4.78 is 24.2. The Morgan fingerprint density at radius 2 is 1.48 bits per heavy atom. The average molecular weight is 357 g/mol. The van der Waals surface area contributed by atoms with Gasteiger partial charge in [-0.1, -0.05) is 30.3 Å². The lowest BCUT2D eigenvalue weighted by atomic mass is 10.1. The Balaban J connectivity index is 1.73. The first-order chi connectivity index (χ1) is 11.9. The van der Waals surface area contributed by atoms with Crippen molar-refractivity contribution in [1.29, 1.82) is 0 Å². The van der Waals surface area contributed by atoms with Crippen LogP contribution >= 0.6 is 0 Å². The molecule has 1 aliphatic heterocycles. The molecule has 0 spiro atoms. The summed E-state index contributed by atoms with van der Waals surface area (Å²) in [7, 11) is -3.80. The summed E-state index contributed by atoms with van der Waals surface area (Å²) in [5.74, 6) is -0.831. The van der Waals surface area contributed by atoms with Gasteiger partial charge in [0, 0.05) is 0 Å². The van der Waals surface area contributed by atoms with Crippen LogP contribution < -0.4 is 4.83 Å². The van der Waals surface area contributed by atoms with Crippen LogP contribution in [0.5, 0.6) is 0 Å². The van der Waals surface area contributed by atoms with Crippen molar-refractivity contribution in [3.05, 3.63) is 65.7 Å². The van der Waals surface area contributed by atoms with Gasteiger partial charge in [-0.3, -0.25) is 14.5 Å². The second kappa shape index (κ2) is 6.48. The molecule has 1 heterocycles. The van der Waals surface area contributed by atoms with E-state index in [1.54, 1.807) is 42.5 Å². The van der Waals surface area contributed by atoms with Crippen LogP contribution in [0.15, 0.2) is 64.6 Å². The monoisotopic (exact) mass is 357 g/mol. The van der Waals surface area contributed by atoms with E-state index in [4.69, 9.17) is 0 Å². The molecule has 0 unspecified atom stereocenters. The van der Waals surface area contributed by atoms with Gasteiger partial charge in [0.2, 0.25) is 0 Å². The van der Waals surface area contributed by atoms with Crippen LogP contribution in [-0.4, -0.2) is 37.4 Å². The van der Waals surface area contributed by atoms with E-state index < -0.39 is 21.8 Å². The van der Waals surface area contributed by atoms with Gasteiger partial charge in [0.1, 0.15) is 0 Å². The first-order valence-corrected chi connectivity index (χ1v) is 8.94. The van der Waals surface area contributed by atoms with Crippen molar-refractivity contribution in [2.24, 2.45) is 5.10 Å². The molecule has 2 amide bonds. The summed E-state index contributed by atoms with van der Waals surface area (Å²) in [6, 6.07) is 14.3. The number of imide groups is 1. The first-order valence-electron chi connectivity index (χ1n) is 7.45. The van der Waals surface area contributed by atoms with Gasteiger partial charge in [-0.15, -0.1) is 0 Å². The molecule has 0 aromatic heterocycles. The Labute approximate surface area is 145 Å². The van der Waals surface area contributed by atoms with E-state index in [1.807, 2.05) is 0 Å². The minimum atomic E-state index is -3.80. The van der Waals surface area contributed by atoms with Crippen molar-refractivity contribution < 1.29 is 18.0 Å². The number of hydrogen-bond donors (Lipinski definition) is 1. The van der Waals surface area contributed by atoms with E-state index in [-0.39, 0.29) is 17.2 Å². The maximum Gasteiger partial charge on any atom is 0.276 e. The Morgan fingerprint density at radius 1 is 0.960 bits per heavy atom. The van der Waals surface area contributed by atoms with Gasteiger partial charge in [0.05, 0.1) is 28.3 Å². The third kappa shape index (κ3) is 3.29. The molecule has 2 aromatic carbocycles. The summed E-state index contributed by atoms with van der Waals surface area (Å²) >= 11 is 0. The summed E-state index contributed by atoms with van der Waals surface area (Å²) in [4.78, 5) is 27.8. The topological polar surface area (TPSA) is 95.9 Å². The third-order valence-corrected chi connectivity index (χ3v) is 4.90. The van der Waals surface area contributed by atoms with E-state index in [0.29, 0.717) is 11.1 Å². The van der Waals surface area contributed by atoms with Crippen molar-refractivity contribution in [1.82, 2.24) is 9.73 Å². The average Bonchev–Trinajstić information content (AvgIpc) is 2.86. The Kier molecular flexibility index (Phi) is 4.37. The predicted molar refractivity (Wildman–Crippen MR) is 91.7 cm³/mol. The van der Waals surface area contributed by atoms with Crippen LogP contribution in [0.25, 0.3) is 0 Å². The molecular weight excluding hydrogens is 342 g/mol. The molecule has 7 nitrogen and oxygen atoms in total. The Morgan fingerprint density at radius 3 is 2.04 bits per heavy atom. The van der Waals surface area contributed by atoms with Crippen LogP contribution in [0.2, 0.25) is 0 Å². The number of benzene rings is 2. The number of hydrogen-bond acceptors (Lipinski definition) is 5. The lowest BCUT2D eigenvalue weighted by molar-refractivity contribution is 0.0677. The lowest BCUT2D eigenvalue weighted by Crippen LogP contribution is -2.35. The highest BCUT2D eigenvalue weighted by molar-refractivity contribution is 7.89. The molecule has 0 fully saturated rings. The number of amides is 2. The molecule has 1 N–H and O–H groups in total. The Hall–Kier alpha value is -3.00. The number of hydrazone groups is 1. The molecule has 0 bridgehead atoms. The number of nitrogens with one attached hydrogen (secondary N) is 1. The minimum absolute atomic E-state index is 0.0762. The fraction of sp³-hybridized carbons (Fsp3) is 0.118. The molecule has 25 heavy (non-hydrogen) atoms. The number of carbonyl (C=O) groups is 2. The number of rotatable bonds is 5. The van der Waals surface area contributed by atoms with Gasteiger partial charge >= 0.3 is 0 Å². The molecule has 0 saturated heterocycles. The van der Waals surface area contributed by atoms with Crippen molar-refractivity contribution in [2.45, 2.75) is 11.8 Å². The second-order valence-electron chi connectivity index (χ2n) is 5.50. The number of nitrogens with zero attached hydrogens (tertiary/aromatic N) is 2. The smallest absolute Gasteiger partial charge is 0.269 e. The molecule has 0 aliphatic carbocycles. The van der Waals surface area contributed by atoms with Crippen LogP contribution in [0.1, 0.15) is 27.6 Å². The summed E-state index contributed by atoms with van der Waals surface area (Å²) in [5.41, 5.74) is 0.962. The van der Waals surface area contributed by atoms with Crippen LogP contribution in [-0.2, 0) is 10.0 Å². The predicted octanol–water partition coefficient (Wildman–Crippen LogP) is 1.64. The van der Waals surface area contributed by atoms with Crippen LogP contribution in [0.3, 0.4) is 0 Å². The van der Waals surface area contributed by atoms with Crippen molar-refractivity contribution in [3.8, 4) is 0 Å². The highest BCUT2D eigenvalue weighted by Crippen LogP contribution is 2.22. The fourth-order valence-electron chi connectivity index (χ4n) is 2.44. The van der Waals surface area contributed by atoms with E-state index in [9.17, 15) is 18.0 Å². The largest absolute Gasteiger partial charge is 0.276 e. The van der Waals surface area contributed by atoms with E-state index in [2.05, 4.69) is 9.93 Å². The second-order valence-corrected chi connectivity index (χ2v) is 7.16. The molecule has 128 valence electrons. The molecule has 0 atom stereocenters. The maximum absolute atomic E-state index is 12.3. The first kappa shape index (κ1) is 16.8. The summed E-state index contributed by atoms with van der Waals surface area (Å²) in [5, 5.41) is 3.80. The quantitative estimate of drug-likeness (QED) is 0.500. The molecule has 3 rings (SSSR count). The molecule has 0 radical (unpaired) electrons. The maximum atomic E-state index is 12.3. The highest BCUT2D eigenvalue weighted by atomic mass is 32.2. The van der Waals surface area contributed by atoms with Crippen molar-refractivity contribution in [3.63, 3.8) is 0 Å². The van der Waals surface area contributed by atoms with Gasteiger partial charge in [-0.05, 0) is 31.2 Å². The highest BCUT2D eigenvalue weighted by Gasteiger charge is 2.35. The lowest BCUT2D eigenvalue weighted by Gasteiger charge is -2.13. The summed E-state index contributed by atoms with van der Waals surface area (Å²) in [6.07, 6.45) is 0. The SMILES string of the molecule is C/C(CN1C(=O)c2ccccc2C1=O)=N/NS(=O)(=O)c1ccccc1. The van der Waals surface area contributed by atoms with Gasteiger partial charge in [-0.25, -0.2) is 4.83 Å². The van der Waals surface area contributed by atoms with Crippen LogP contribution in [0.4, 0.5) is 0 Å². The van der Waals surface area contributed by atoms with Crippen molar-refractivity contribution in [2.75, 3.05) is 6.54 Å². The molecular formula is C17H15N3O4S. The van der Waals surface area contributed by atoms with Gasteiger partial charge in [0.25, 0.3) is 21.8 Å². The molecule has 2 aromatic rings. The number of carbonyl (C=O) groups excluding carboxylic acids is 2. The zero-order valence-electron chi connectivity index (χ0n) is 13.3. The number of fused-ring (bicyclic) bond motifs is 1. The number of sulfonamides is 1. The van der Waals surface area contributed by atoms with Crippen molar-refractivity contribution >= 4 is 27.5 Å². The zero-order chi connectivity index (χ0) is 18.0. The molecule has 0 saturated carbocycles. The molecule has 1 aliphatic rings. The van der Waals surface area contributed by atoms with E-state index in [0.717, 1.165) is 4.90 Å². The van der Waals surface area contributed by atoms with E-state index in [1.165, 1.54) is 19.1 Å². The van der Waals surface area contributed by atoms with Crippen LogP contribution in [0, 0.1) is 0 Å². The van der Waals surface area contributed by atoms with Gasteiger partial charge < -0.3 is 0 Å². The zero-order valence-corrected chi connectivity index (χ0v) is 14.2. The standard InChI is InChI=1S/C17H15N3O4S/c1-12(18-19-25(23,24)13-7-3-2-4-8-13)11-20-16(21)14-9-5-6-10-15(14)17(20)22/h2-10,19H,11H2,1H3/b18-12-. The Bertz CT molecular complexity index is 933. The van der Waals surface area contributed by atoms with Gasteiger partial charge in [0.15, 0.2) is 0 Å². The normalized spacial score (nSPS) is 14.6.